The van der Waals surface area contributed by atoms with Gasteiger partial charge in [0.2, 0.25) is 11.0 Å². The predicted octanol–water partition coefficient (Wildman–Crippen LogP) is 3.05. The summed E-state index contributed by atoms with van der Waals surface area (Å²) in [5.74, 6) is -0.0929. The van der Waals surface area contributed by atoms with Gasteiger partial charge < -0.3 is 4.84 Å². The van der Waals surface area contributed by atoms with Gasteiger partial charge in [0.25, 0.3) is 0 Å². The van der Waals surface area contributed by atoms with Crippen molar-refractivity contribution in [2.24, 2.45) is 5.16 Å². The van der Waals surface area contributed by atoms with E-state index >= 15 is 0 Å². The lowest BCUT2D eigenvalue weighted by molar-refractivity contribution is -0.117. The fourth-order valence-corrected chi connectivity index (χ4v) is 3.15. The number of aryl methyl sites for hydroxylation is 1. The quantitative estimate of drug-likeness (QED) is 0.850. The molecule has 1 amide bonds. The number of hydrogen-bond acceptors (Lipinski definition) is 6. The lowest BCUT2D eigenvalue weighted by atomic mass is 10.0. The number of hydrogen-bond donors (Lipinski definition) is 0. The zero-order valence-corrected chi connectivity index (χ0v) is 14.3. The molecule has 0 radical (unpaired) electrons. The van der Waals surface area contributed by atoms with Crippen LogP contribution in [0, 0.1) is 6.92 Å². The van der Waals surface area contributed by atoms with Gasteiger partial charge >= 0.3 is 0 Å². The molecule has 1 aliphatic rings. The van der Waals surface area contributed by atoms with Crippen molar-refractivity contribution in [1.29, 1.82) is 0 Å². The van der Waals surface area contributed by atoms with E-state index in [4.69, 9.17) is 16.4 Å². The minimum absolute atomic E-state index is 0.0929. The third-order valence-corrected chi connectivity index (χ3v) is 4.54. The summed E-state index contributed by atoms with van der Waals surface area (Å²) in [6.45, 7) is 3.75. The van der Waals surface area contributed by atoms with Crippen LogP contribution in [-0.2, 0) is 9.63 Å². The first-order valence-electron chi connectivity index (χ1n) is 7.10. The minimum Gasteiger partial charge on any atom is -0.390 e. The maximum absolute atomic E-state index is 11.9. The SMILES string of the molecule is CC(=O)N(CC1CC(c2ccc(Cl)cc2)=NO1)c1nnc(C)s1. The fourth-order valence-electron chi connectivity index (χ4n) is 2.28. The van der Waals surface area contributed by atoms with E-state index in [9.17, 15) is 4.79 Å². The molecule has 0 aliphatic carbocycles. The van der Waals surface area contributed by atoms with Crippen molar-refractivity contribution in [3.63, 3.8) is 0 Å². The topological polar surface area (TPSA) is 67.7 Å². The average molecular weight is 351 g/mol. The molecule has 23 heavy (non-hydrogen) atoms. The Labute approximate surface area is 142 Å². The summed E-state index contributed by atoms with van der Waals surface area (Å²) in [7, 11) is 0. The summed E-state index contributed by atoms with van der Waals surface area (Å²) < 4.78 is 0. The van der Waals surface area contributed by atoms with E-state index in [0.717, 1.165) is 16.3 Å². The summed E-state index contributed by atoms with van der Waals surface area (Å²) in [5.41, 5.74) is 1.82. The smallest absolute Gasteiger partial charge is 0.225 e. The summed E-state index contributed by atoms with van der Waals surface area (Å²) in [6, 6.07) is 7.45. The van der Waals surface area contributed by atoms with Crippen LogP contribution in [0.4, 0.5) is 5.13 Å². The molecule has 1 aromatic carbocycles. The molecule has 1 aliphatic heterocycles. The van der Waals surface area contributed by atoms with Crippen LogP contribution in [-0.4, -0.2) is 34.5 Å². The molecule has 0 saturated heterocycles. The molecule has 2 aromatic rings. The Kier molecular flexibility index (Phi) is 4.58. The first kappa shape index (κ1) is 15.9. The van der Waals surface area contributed by atoms with E-state index in [1.54, 1.807) is 4.90 Å². The monoisotopic (exact) mass is 350 g/mol. The molecule has 1 atom stereocenters. The molecule has 0 spiro atoms. The van der Waals surface area contributed by atoms with Crippen molar-refractivity contribution in [3.8, 4) is 0 Å². The third kappa shape index (κ3) is 3.68. The molecule has 0 N–H and O–H groups in total. The maximum Gasteiger partial charge on any atom is 0.225 e. The summed E-state index contributed by atoms with van der Waals surface area (Å²) >= 11 is 7.28. The number of carbonyl (C=O) groups excluding carboxylic acids is 1. The Morgan fingerprint density at radius 2 is 2.13 bits per heavy atom. The molecule has 120 valence electrons. The molecule has 0 fully saturated rings. The van der Waals surface area contributed by atoms with Crippen LogP contribution in [0.1, 0.15) is 23.9 Å². The van der Waals surface area contributed by atoms with Gasteiger partial charge in [-0.3, -0.25) is 9.69 Å². The van der Waals surface area contributed by atoms with Crippen LogP contribution in [0.2, 0.25) is 5.02 Å². The van der Waals surface area contributed by atoms with Gasteiger partial charge in [0, 0.05) is 18.4 Å². The van der Waals surface area contributed by atoms with Crippen LogP contribution in [0.25, 0.3) is 0 Å². The number of amides is 1. The maximum atomic E-state index is 11.9. The van der Waals surface area contributed by atoms with Crippen molar-refractivity contribution in [2.75, 3.05) is 11.4 Å². The second kappa shape index (κ2) is 6.64. The molecule has 1 unspecified atom stereocenters. The van der Waals surface area contributed by atoms with Crippen molar-refractivity contribution < 1.29 is 9.63 Å². The standard InChI is InChI=1S/C15H15ClN4O2S/c1-9-17-18-15(23-9)20(10(2)21)8-13-7-14(19-22-13)11-3-5-12(16)6-4-11/h3-6,13H,7-8H2,1-2H3. The van der Waals surface area contributed by atoms with Crippen molar-refractivity contribution >= 4 is 39.7 Å². The Bertz CT molecular complexity index is 744. The van der Waals surface area contributed by atoms with Gasteiger partial charge in [0.15, 0.2) is 6.10 Å². The highest BCUT2D eigenvalue weighted by Crippen LogP contribution is 2.24. The number of anilines is 1. The molecular formula is C15H15ClN4O2S. The zero-order valence-electron chi connectivity index (χ0n) is 12.7. The van der Waals surface area contributed by atoms with Crippen LogP contribution >= 0.6 is 22.9 Å². The van der Waals surface area contributed by atoms with Crippen LogP contribution in [0.3, 0.4) is 0 Å². The van der Waals surface area contributed by atoms with Gasteiger partial charge in [0.1, 0.15) is 5.01 Å². The molecule has 2 heterocycles. The van der Waals surface area contributed by atoms with E-state index in [0.29, 0.717) is 23.1 Å². The second-order valence-electron chi connectivity index (χ2n) is 5.21. The first-order valence-corrected chi connectivity index (χ1v) is 8.29. The fraction of sp³-hybridized carbons (Fsp3) is 0.333. The van der Waals surface area contributed by atoms with Crippen LogP contribution in [0.15, 0.2) is 29.4 Å². The predicted molar refractivity (Wildman–Crippen MR) is 90.2 cm³/mol. The summed E-state index contributed by atoms with van der Waals surface area (Å²) in [4.78, 5) is 18.9. The largest absolute Gasteiger partial charge is 0.390 e. The molecule has 0 bridgehead atoms. The molecule has 0 saturated carbocycles. The summed E-state index contributed by atoms with van der Waals surface area (Å²) in [6.07, 6.45) is 0.428. The average Bonchev–Trinajstić information content (AvgIpc) is 3.14. The lowest BCUT2D eigenvalue weighted by Gasteiger charge is -2.20. The molecule has 3 rings (SSSR count). The third-order valence-electron chi connectivity index (χ3n) is 3.42. The Hall–Kier alpha value is -1.99. The molecule has 1 aromatic heterocycles. The van der Waals surface area contributed by atoms with E-state index in [2.05, 4.69) is 15.4 Å². The molecular weight excluding hydrogens is 336 g/mol. The van der Waals surface area contributed by atoms with E-state index in [-0.39, 0.29) is 12.0 Å². The highest BCUT2D eigenvalue weighted by Gasteiger charge is 2.27. The zero-order chi connectivity index (χ0) is 16.4. The second-order valence-corrected chi connectivity index (χ2v) is 6.81. The first-order chi connectivity index (χ1) is 11.0. The highest BCUT2D eigenvalue weighted by atomic mass is 35.5. The number of carbonyl (C=O) groups is 1. The highest BCUT2D eigenvalue weighted by molar-refractivity contribution is 7.15. The number of nitrogens with zero attached hydrogens (tertiary/aromatic N) is 4. The van der Waals surface area contributed by atoms with Crippen LogP contribution in [0.5, 0.6) is 0 Å². The number of oxime groups is 1. The summed E-state index contributed by atoms with van der Waals surface area (Å²) in [5, 5.41) is 14.2. The normalized spacial score (nSPS) is 16.8. The van der Waals surface area contributed by atoms with Crippen LogP contribution < -0.4 is 4.90 Å². The lowest BCUT2D eigenvalue weighted by Crippen LogP contribution is -2.36. The van der Waals surface area contributed by atoms with E-state index in [1.165, 1.54) is 18.3 Å². The number of aromatic nitrogens is 2. The van der Waals surface area contributed by atoms with Crippen molar-refractivity contribution in [2.45, 2.75) is 26.4 Å². The van der Waals surface area contributed by atoms with Gasteiger partial charge in [-0.2, -0.15) is 0 Å². The van der Waals surface area contributed by atoms with Gasteiger partial charge in [-0.15, -0.1) is 10.2 Å². The van der Waals surface area contributed by atoms with Gasteiger partial charge in [0.05, 0.1) is 12.3 Å². The van der Waals surface area contributed by atoms with E-state index < -0.39 is 0 Å². The van der Waals surface area contributed by atoms with E-state index in [1.807, 2.05) is 31.2 Å². The number of halogens is 1. The Morgan fingerprint density at radius 1 is 1.39 bits per heavy atom. The van der Waals surface area contributed by atoms with Crippen molar-refractivity contribution in [1.82, 2.24) is 10.2 Å². The number of benzene rings is 1. The van der Waals surface area contributed by atoms with Gasteiger partial charge in [-0.05, 0) is 24.6 Å². The van der Waals surface area contributed by atoms with Gasteiger partial charge in [-0.25, -0.2) is 0 Å². The van der Waals surface area contributed by atoms with Crippen molar-refractivity contribution in [3.05, 3.63) is 39.9 Å². The Balaban J connectivity index is 1.67. The number of rotatable bonds is 4. The van der Waals surface area contributed by atoms with Gasteiger partial charge in [-0.1, -0.05) is 40.2 Å². The molecule has 8 heteroatoms. The minimum atomic E-state index is -0.200. The Morgan fingerprint density at radius 3 is 2.74 bits per heavy atom. The molecule has 6 nitrogen and oxygen atoms in total.